The number of cyclic esters (lactones) is 1. The number of hydrogen-bond acceptors (Lipinski definition) is 6. The summed E-state index contributed by atoms with van der Waals surface area (Å²) in [6.07, 6.45) is 5.23. The third-order valence-electron chi connectivity index (χ3n) is 10.0. The van der Waals surface area contributed by atoms with Gasteiger partial charge in [0.15, 0.2) is 28.5 Å². The maximum Gasteiger partial charge on any atom is 0.309 e. The monoisotopic (exact) mass is 610 g/mol. The van der Waals surface area contributed by atoms with Crippen LogP contribution in [0.1, 0.15) is 108 Å². The number of carbonyl (C=O) groups is 3. The van der Waals surface area contributed by atoms with Gasteiger partial charge in [-0.3, -0.25) is 14.4 Å². The van der Waals surface area contributed by atoms with Crippen molar-refractivity contribution in [1.29, 1.82) is 0 Å². The highest BCUT2D eigenvalue weighted by atomic mass is 28.4. The molecular formula is C33H62O6Si2. The molecule has 0 saturated carbocycles. The molecule has 0 aliphatic carbocycles. The molecule has 0 radical (unpaired) electrons. The van der Waals surface area contributed by atoms with Gasteiger partial charge in [0.25, 0.3) is 0 Å². The van der Waals surface area contributed by atoms with Gasteiger partial charge in [-0.05, 0) is 68.4 Å². The Hall–Kier alpha value is -1.10. The van der Waals surface area contributed by atoms with Gasteiger partial charge in [0.2, 0.25) is 0 Å². The third kappa shape index (κ3) is 10.2. The molecule has 41 heavy (non-hydrogen) atoms. The smallest absolute Gasteiger partial charge is 0.309 e. The SMILES string of the molecule is CC(=O)[C@@H]1C/C=C\CCC[C@H](C)[C@H](O[Si](C)(C)C(C)(C)C)[C@@H](C)C(=O)C(C)(C)[C@@H](O[Si](C)(C)C(C)(C)C)CC(=O)O1. The molecule has 1 rings (SSSR count). The molecule has 5 atom stereocenters. The maximum absolute atomic E-state index is 14.5. The zero-order valence-corrected chi connectivity index (χ0v) is 31.0. The van der Waals surface area contributed by atoms with Crippen molar-refractivity contribution in [3.05, 3.63) is 12.2 Å². The Bertz CT molecular complexity index is 938. The minimum Gasteiger partial charge on any atom is -0.454 e. The first-order chi connectivity index (χ1) is 18.3. The van der Waals surface area contributed by atoms with E-state index in [1.54, 1.807) is 0 Å². The van der Waals surface area contributed by atoms with E-state index in [2.05, 4.69) is 80.7 Å². The Morgan fingerprint density at radius 3 is 1.93 bits per heavy atom. The maximum atomic E-state index is 14.5. The van der Waals surface area contributed by atoms with Gasteiger partial charge in [0.05, 0.1) is 18.6 Å². The van der Waals surface area contributed by atoms with Crippen molar-refractivity contribution >= 4 is 34.2 Å². The van der Waals surface area contributed by atoms with Crippen LogP contribution < -0.4 is 0 Å². The second kappa shape index (κ2) is 14.1. The molecule has 0 aromatic rings. The summed E-state index contributed by atoms with van der Waals surface area (Å²) >= 11 is 0. The van der Waals surface area contributed by atoms with Crippen LogP contribution in [0.15, 0.2) is 12.2 Å². The summed E-state index contributed by atoms with van der Waals surface area (Å²) in [6.45, 7) is 31.3. The van der Waals surface area contributed by atoms with E-state index in [0.29, 0.717) is 6.42 Å². The number of ketones is 2. The second-order valence-corrected chi connectivity index (χ2v) is 25.5. The Morgan fingerprint density at radius 1 is 0.927 bits per heavy atom. The molecule has 0 amide bonds. The second-order valence-electron chi connectivity index (χ2n) is 16.0. The Morgan fingerprint density at radius 2 is 1.44 bits per heavy atom. The van der Waals surface area contributed by atoms with Gasteiger partial charge in [-0.2, -0.15) is 0 Å². The van der Waals surface area contributed by atoms with Gasteiger partial charge >= 0.3 is 5.97 Å². The minimum atomic E-state index is -2.38. The number of ether oxygens (including phenoxy) is 1. The lowest BCUT2D eigenvalue weighted by atomic mass is 9.73. The summed E-state index contributed by atoms with van der Waals surface area (Å²) in [5, 5.41) is -0.111. The van der Waals surface area contributed by atoms with E-state index in [0.717, 1.165) is 19.3 Å². The molecular weight excluding hydrogens is 549 g/mol. The molecule has 0 aromatic carbocycles. The first-order valence-electron chi connectivity index (χ1n) is 15.6. The molecule has 0 saturated heterocycles. The van der Waals surface area contributed by atoms with E-state index in [9.17, 15) is 14.4 Å². The van der Waals surface area contributed by atoms with Crippen LogP contribution in [-0.2, 0) is 28.0 Å². The Labute approximate surface area is 254 Å². The van der Waals surface area contributed by atoms with Crippen molar-refractivity contribution in [3.63, 3.8) is 0 Å². The van der Waals surface area contributed by atoms with Gasteiger partial charge in [0, 0.05) is 17.8 Å². The number of hydrogen-bond donors (Lipinski definition) is 0. The van der Waals surface area contributed by atoms with Crippen molar-refractivity contribution in [1.82, 2.24) is 0 Å². The number of rotatable bonds is 5. The molecule has 1 aliphatic heterocycles. The topological polar surface area (TPSA) is 78.9 Å². The number of carbonyl (C=O) groups excluding carboxylic acids is 3. The molecule has 8 heteroatoms. The van der Waals surface area contributed by atoms with E-state index in [-0.39, 0.29) is 46.0 Å². The quantitative estimate of drug-likeness (QED) is 0.176. The number of esters is 1. The van der Waals surface area contributed by atoms with Gasteiger partial charge in [-0.1, -0.05) is 81.4 Å². The molecule has 1 aliphatic rings. The zero-order chi connectivity index (χ0) is 32.2. The lowest BCUT2D eigenvalue weighted by molar-refractivity contribution is -0.158. The highest BCUT2D eigenvalue weighted by Crippen LogP contribution is 2.44. The number of Topliss-reactive ketones (excluding diaryl/α,β-unsaturated/α-hetero) is 2. The van der Waals surface area contributed by atoms with Crippen LogP contribution in [0.5, 0.6) is 0 Å². The van der Waals surface area contributed by atoms with Crippen LogP contribution in [0.2, 0.25) is 36.3 Å². The molecule has 238 valence electrons. The molecule has 0 bridgehead atoms. The Balaban J connectivity index is 3.66. The van der Waals surface area contributed by atoms with Crippen LogP contribution in [0.4, 0.5) is 0 Å². The van der Waals surface area contributed by atoms with Crippen molar-refractivity contribution in [2.45, 2.75) is 163 Å². The van der Waals surface area contributed by atoms with E-state index < -0.39 is 40.2 Å². The predicted octanol–water partition coefficient (Wildman–Crippen LogP) is 8.66. The van der Waals surface area contributed by atoms with Gasteiger partial charge < -0.3 is 13.6 Å². The van der Waals surface area contributed by atoms with E-state index in [1.165, 1.54) is 6.92 Å². The fourth-order valence-electron chi connectivity index (χ4n) is 4.81. The average Bonchev–Trinajstić information content (AvgIpc) is 2.80. The lowest BCUT2D eigenvalue weighted by Crippen LogP contribution is -2.54. The van der Waals surface area contributed by atoms with Gasteiger partial charge in [-0.25, -0.2) is 0 Å². The first-order valence-corrected chi connectivity index (χ1v) is 21.4. The first kappa shape index (κ1) is 37.9. The summed E-state index contributed by atoms with van der Waals surface area (Å²) in [4.78, 5) is 40.2. The number of allylic oxidation sites excluding steroid dienone is 1. The fourth-order valence-corrected chi connectivity index (χ4v) is 7.73. The van der Waals surface area contributed by atoms with Crippen LogP contribution in [0.3, 0.4) is 0 Å². The van der Waals surface area contributed by atoms with Crippen molar-refractivity contribution in [2.75, 3.05) is 0 Å². The summed E-state index contributed by atoms with van der Waals surface area (Å²) < 4.78 is 19.6. The van der Waals surface area contributed by atoms with Crippen LogP contribution >= 0.6 is 0 Å². The highest BCUT2D eigenvalue weighted by molar-refractivity contribution is 6.74. The summed E-state index contributed by atoms with van der Waals surface area (Å²) in [7, 11) is -4.56. The molecule has 0 unspecified atom stereocenters. The van der Waals surface area contributed by atoms with E-state index in [4.69, 9.17) is 13.6 Å². The van der Waals surface area contributed by atoms with Gasteiger partial charge in [0.1, 0.15) is 5.78 Å². The summed E-state index contributed by atoms with van der Waals surface area (Å²) in [6, 6.07) is 0. The van der Waals surface area contributed by atoms with Crippen molar-refractivity contribution in [2.24, 2.45) is 17.3 Å². The van der Waals surface area contributed by atoms with E-state index >= 15 is 0 Å². The molecule has 0 N–H and O–H groups in total. The zero-order valence-electron chi connectivity index (χ0n) is 29.0. The largest absolute Gasteiger partial charge is 0.454 e. The van der Waals surface area contributed by atoms with E-state index in [1.807, 2.05) is 26.8 Å². The summed E-state index contributed by atoms with van der Waals surface area (Å²) in [5.41, 5.74) is -0.981. The molecule has 0 spiro atoms. The van der Waals surface area contributed by atoms with Gasteiger partial charge in [-0.15, -0.1) is 0 Å². The average molecular weight is 611 g/mol. The fraction of sp³-hybridized carbons (Fsp3) is 0.848. The predicted molar refractivity (Wildman–Crippen MR) is 174 cm³/mol. The molecule has 1 heterocycles. The molecule has 0 fully saturated rings. The normalized spacial score (nSPS) is 29.1. The molecule has 0 aromatic heterocycles. The minimum absolute atomic E-state index is 0.00792. The third-order valence-corrected chi connectivity index (χ3v) is 19.0. The molecule has 6 nitrogen and oxygen atoms in total. The summed E-state index contributed by atoms with van der Waals surface area (Å²) in [5.74, 6) is -0.863. The Kier molecular flexibility index (Phi) is 13.1. The van der Waals surface area contributed by atoms with Crippen LogP contribution in [0, 0.1) is 17.3 Å². The van der Waals surface area contributed by atoms with Crippen molar-refractivity contribution < 1.29 is 28.0 Å². The highest BCUT2D eigenvalue weighted by Gasteiger charge is 2.50. The van der Waals surface area contributed by atoms with Crippen LogP contribution in [0.25, 0.3) is 0 Å². The van der Waals surface area contributed by atoms with Crippen LogP contribution in [-0.4, -0.2) is 52.5 Å². The lowest BCUT2D eigenvalue weighted by Gasteiger charge is -2.46. The van der Waals surface area contributed by atoms with Crippen molar-refractivity contribution in [3.8, 4) is 0 Å². The standard InChI is InChI=1S/C33H62O6Si2/c1-23-20-18-16-17-19-21-26(25(3)34)37-28(35)22-27(38-40(12,13)31(4,5)6)33(10,11)30(36)24(2)29(23)39-41(14,15)32(7,8)9/h17,19,23-24,26-27,29H,16,18,20-22H2,1-15H3/b19-17-/t23-,24+,26-,27-,29-/m0/s1.